The largest absolute Gasteiger partial charge is 0.352 e. The molecule has 1 atom stereocenters. The molecule has 17 heavy (non-hydrogen) atoms. The standard InChI is InChI=1S/C8H15N7O2/c1-4(2)6(11-8(9)17)7(16)10-3-5-12-14-15-13-5/h4,6H,3H2,1-2H3,(H,10,16)(H3,9,11,17)(H,12,13,14,15). The van der Waals surface area contributed by atoms with E-state index < -0.39 is 12.1 Å². The van der Waals surface area contributed by atoms with E-state index in [4.69, 9.17) is 5.73 Å². The predicted octanol–water partition coefficient (Wildman–Crippen LogP) is -1.49. The zero-order valence-corrected chi connectivity index (χ0v) is 9.60. The Kier molecular flexibility index (Phi) is 4.37. The summed E-state index contributed by atoms with van der Waals surface area (Å²) in [6.45, 7) is 3.74. The van der Waals surface area contributed by atoms with E-state index >= 15 is 0 Å². The molecule has 3 amide bonds. The van der Waals surface area contributed by atoms with Crippen molar-refractivity contribution in [2.24, 2.45) is 11.7 Å². The molecular formula is C8H15N7O2. The second-order valence-electron chi connectivity index (χ2n) is 3.78. The van der Waals surface area contributed by atoms with Gasteiger partial charge < -0.3 is 16.4 Å². The molecule has 0 aliphatic rings. The van der Waals surface area contributed by atoms with Crippen LogP contribution in [0.15, 0.2) is 0 Å². The Morgan fingerprint density at radius 2 is 2.18 bits per heavy atom. The summed E-state index contributed by atoms with van der Waals surface area (Å²) in [4.78, 5) is 22.5. The summed E-state index contributed by atoms with van der Waals surface area (Å²) in [6, 6.07) is -1.42. The maximum Gasteiger partial charge on any atom is 0.312 e. The number of primary amides is 1. The van der Waals surface area contributed by atoms with Gasteiger partial charge in [0.1, 0.15) is 6.04 Å². The molecule has 9 nitrogen and oxygen atoms in total. The maximum absolute atomic E-state index is 11.7. The highest BCUT2D eigenvalue weighted by Gasteiger charge is 2.23. The summed E-state index contributed by atoms with van der Waals surface area (Å²) in [5.74, 6) is -0.0590. The van der Waals surface area contributed by atoms with Crippen LogP contribution in [0, 0.1) is 5.92 Å². The molecule has 1 aromatic heterocycles. The minimum atomic E-state index is -0.738. The maximum atomic E-state index is 11.7. The van der Waals surface area contributed by atoms with Crippen LogP contribution >= 0.6 is 0 Å². The van der Waals surface area contributed by atoms with Crippen molar-refractivity contribution in [3.63, 3.8) is 0 Å². The van der Waals surface area contributed by atoms with Crippen LogP contribution in [0.3, 0.4) is 0 Å². The van der Waals surface area contributed by atoms with Crippen LogP contribution < -0.4 is 16.4 Å². The van der Waals surface area contributed by atoms with Crippen molar-refractivity contribution in [1.29, 1.82) is 0 Å². The molecule has 0 spiro atoms. The zero-order valence-electron chi connectivity index (χ0n) is 9.60. The van der Waals surface area contributed by atoms with Gasteiger partial charge in [0.2, 0.25) is 5.91 Å². The van der Waals surface area contributed by atoms with E-state index in [1.165, 1.54) is 0 Å². The topological polar surface area (TPSA) is 139 Å². The van der Waals surface area contributed by atoms with Crippen molar-refractivity contribution in [2.75, 3.05) is 0 Å². The van der Waals surface area contributed by atoms with Crippen molar-refractivity contribution in [1.82, 2.24) is 31.3 Å². The van der Waals surface area contributed by atoms with Gasteiger partial charge in [-0.25, -0.2) is 4.79 Å². The third-order valence-corrected chi connectivity index (χ3v) is 2.06. The second kappa shape index (κ2) is 5.77. The first-order valence-corrected chi connectivity index (χ1v) is 5.06. The van der Waals surface area contributed by atoms with Gasteiger partial charge in [0.05, 0.1) is 6.54 Å². The Morgan fingerprint density at radius 3 is 2.65 bits per heavy atom. The first kappa shape index (κ1) is 12.9. The number of rotatable bonds is 5. The molecular weight excluding hydrogens is 226 g/mol. The first-order chi connectivity index (χ1) is 8.00. The van der Waals surface area contributed by atoms with E-state index in [2.05, 4.69) is 31.3 Å². The quantitative estimate of drug-likeness (QED) is 0.497. The molecule has 9 heteroatoms. The fourth-order valence-corrected chi connectivity index (χ4v) is 1.22. The molecule has 94 valence electrons. The molecule has 0 aliphatic carbocycles. The monoisotopic (exact) mass is 241 g/mol. The molecule has 0 aromatic carbocycles. The average Bonchev–Trinajstić information content (AvgIpc) is 2.74. The van der Waals surface area contributed by atoms with E-state index in [1.54, 1.807) is 13.8 Å². The molecule has 1 unspecified atom stereocenters. The molecule has 0 saturated carbocycles. The number of carbonyl (C=O) groups excluding carboxylic acids is 2. The van der Waals surface area contributed by atoms with Gasteiger partial charge in [-0.1, -0.05) is 19.1 Å². The van der Waals surface area contributed by atoms with E-state index in [0.29, 0.717) is 5.82 Å². The van der Waals surface area contributed by atoms with Crippen LogP contribution in [-0.2, 0) is 11.3 Å². The SMILES string of the molecule is CC(C)C(NC(N)=O)C(=O)NCc1nn[nH]n1. The van der Waals surface area contributed by atoms with Gasteiger partial charge in [-0.3, -0.25) is 4.79 Å². The van der Waals surface area contributed by atoms with E-state index in [9.17, 15) is 9.59 Å². The zero-order chi connectivity index (χ0) is 12.8. The van der Waals surface area contributed by atoms with Gasteiger partial charge in [0.25, 0.3) is 0 Å². The van der Waals surface area contributed by atoms with Crippen molar-refractivity contribution >= 4 is 11.9 Å². The van der Waals surface area contributed by atoms with Crippen molar-refractivity contribution < 1.29 is 9.59 Å². The number of aromatic amines is 1. The number of nitrogens with one attached hydrogen (secondary N) is 3. The third-order valence-electron chi connectivity index (χ3n) is 2.06. The lowest BCUT2D eigenvalue weighted by Crippen LogP contribution is -2.51. The number of carbonyl (C=O) groups is 2. The first-order valence-electron chi connectivity index (χ1n) is 5.06. The highest BCUT2D eigenvalue weighted by molar-refractivity contribution is 5.86. The number of nitrogens with two attached hydrogens (primary N) is 1. The Balaban J connectivity index is 2.50. The summed E-state index contributed by atoms with van der Waals surface area (Å²) in [6.07, 6.45) is 0. The van der Waals surface area contributed by atoms with E-state index in [-0.39, 0.29) is 18.4 Å². The van der Waals surface area contributed by atoms with Crippen LogP contribution in [-0.4, -0.2) is 38.6 Å². The molecule has 1 heterocycles. The fourth-order valence-electron chi connectivity index (χ4n) is 1.22. The summed E-state index contributed by atoms with van der Waals surface area (Å²) in [5.41, 5.74) is 4.99. The summed E-state index contributed by atoms with van der Waals surface area (Å²) < 4.78 is 0. The number of aromatic nitrogens is 4. The number of nitrogens with zero attached hydrogens (tertiary/aromatic N) is 3. The van der Waals surface area contributed by atoms with Gasteiger partial charge in [0.15, 0.2) is 5.82 Å². The molecule has 0 radical (unpaired) electrons. The number of tetrazole rings is 1. The highest BCUT2D eigenvalue weighted by Crippen LogP contribution is 2.01. The summed E-state index contributed by atoms with van der Waals surface area (Å²) in [7, 11) is 0. The Labute approximate surface area is 97.5 Å². The molecule has 1 aromatic rings. The molecule has 0 fully saturated rings. The summed E-state index contributed by atoms with van der Waals surface area (Å²) in [5, 5.41) is 17.9. The number of urea groups is 1. The normalized spacial score (nSPS) is 12.2. The predicted molar refractivity (Wildman–Crippen MR) is 57.4 cm³/mol. The van der Waals surface area contributed by atoms with Gasteiger partial charge in [-0.05, 0) is 5.92 Å². The van der Waals surface area contributed by atoms with Crippen molar-refractivity contribution in [3.8, 4) is 0 Å². The smallest absolute Gasteiger partial charge is 0.312 e. The minimum absolute atomic E-state index is 0.0761. The van der Waals surface area contributed by atoms with E-state index in [1.807, 2.05) is 0 Å². The number of amides is 3. The van der Waals surface area contributed by atoms with Crippen LogP contribution in [0.5, 0.6) is 0 Å². The Bertz CT molecular complexity index is 375. The summed E-state index contributed by atoms with van der Waals surface area (Å²) >= 11 is 0. The van der Waals surface area contributed by atoms with Gasteiger partial charge >= 0.3 is 6.03 Å². The number of hydrogen-bond donors (Lipinski definition) is 4. The lowest BCUT2D eigenvalue weighted by Gasteiger charge is -2.19. The molecule has 5 N–H and O–H groups in total. The van der Waals surface area contributed by atoms with Crippen LogP contribution in [0.1, 0.15) is 19.7 Å². The lowest BCUT2D eigenvalue weighted by molar-refractivity contribution is -0.124. The minimum Gasteiger partial charge on any atom is -0.352 e. The second-order valence-corrected chi connectivity index (χ2v) is 3.78. The van der Waals surface area contributed by atoms with Gasteiger partial charge in [-0.2, -0.15) is 5.21 Å². The van der Waals surface area contributed by atoms with Crippen molar-refractivity contribution in [2.45, 2.75) is 26.4 Å². The third kappa shape index (κ3) is 4.05. The van der Waals surface area contributed by atoms with E-state index in [0.717, 1.165) is 0 Å². The molecule has 0 bridgehead atoms. The highest BCUT2D eigenvalue weighted by atomic mass is 16.2. The van der Waals surface area contributed by atoms with Crippen LogP contribution in [0.2, 0.25) is 0 Å². The Morgan fingerprint density at radius 1 is 1.47 bits per heavy atom. The van der Waals surface area contributed by atoms with Crippen molar-refractivity contribution in [3.05, 3.63) is 5.82 Å². The van der Waals surface area contributed by atoms with Gasteiger partial charge in [-0.15, -0.1) is 10.2 Å². The van der Waals surface area contributed by atoms with Crippen LogP contribution in [0.25, 0.3) is 0 Å². The molecule has 0 aliphatic heterocycles. The van der Waals surface area contributed by atoms with Crippen LogP contribution in [0.4, 0.5) is 4.79 Å². The fraction of sp³-hybridized carbons (Fsp3) is 0.625. The van der Waals surface area contributed by atoms with Gasteiger partial charge in [0, 0.05) is 0 Å². The Hall–Kier alpha value is -2.19. The molecule has 1 rings (SSSR count). The number of H-pyrrole nitrogens is 1. The average molecular weight is 241 g/mol. The lowest BCUT2D eigenvalue weighted by atomic mass is 10.0. The number of hydrogen-bond acceptors (Lipinski definition) is 5. The molecule has 0 saturated heterocycles.